The minimum atomic E-state index is -1.13. The maximum atomic E-state index is 14.3. The van der Waals surface area contributed by atoms with Crippen LogP contribution in [-0.2, 0) is 25.7 Å². The van der Waals surface area contributed by atoms with Crippen molar-refractivity contribution in [1.29, 1.82) is 0 Å². The van der Waals surface area contributed by atoms with Gasteiger partial charge in [-0.3, -0.25) is 19.3 Å². The lowest BCUT2D eigenvalue weighted by atomic mass is 9.74. The summed E-state index contributed by atoms with van der Waals surface area (Å²) in [6.45, 7) is 6.23. The van der Waals surface area contributed by atoms with Crippen molar-refractivity contribution in [3.8, 4) is 0 Å². The second-order valence-corrected chi connectivity index (χ2v) is 14.4. The molecule has 5 unspecified atom stereocenters. The predicted octanol–water partition coefficient (Wildman–Crippen LogP) is 4.20. The summed E-state index contributed by atoms with van der Waals surface area (Å²) in [4.78, 5) is 48.8. The van der Waals surface area contributed by atoms with Gasteiger partial charge in [0.05, 0.1) is 17.9 Å². The Labute approximate surface area is 279 Å². The van der Waals surface area contributed by atoms with Gasteiger partial charge in [0.25, 0.3) is 0 Å². The fraction of sp³-hybridized carbons (Fsp3) is 0.528. The van der Waals surface area contributed by atoms with Crippen LogP contribution in [0.3, 0.4) is 0 Å². The van der Waals surface area contributed by atoms with Crippen LogP contribution in [0.5, 0.6) is 0 Å². The number of rotatable bonds is 10. The van der Waals surface area contributed by atoms with E-state index in [4.69, 9.17) is 4.74 Å². The minimum Gasteiger partial charge on any atom is -0.359 e. The van der Waals surface area contributed by atoms with Crippen molar-refractivity contribution >= 4 is 39.3 Å². The van der Waals surface area contributed by atoms with E-state index in [1.54, 1.807) is 4.90 Å². The second kappa shape index (κ2) is 13.6. The number of nitrogens with one attached hydrogen (secondary N) is 2. The number of benzene rings is 2. The highest BCUT2D eigenvalue weighted by Gasteiger charge is 2.72. The maximum absolute atomic E-state index is 14.3. The molecular formula is C36H44BrN5O4. The molecule has 4 heterocycles. The molecule has 0 radical (unpaired) electrons. The molecule has 4 fully saturated rings. The van der Waals surface area contributed by atoms with Crippen molar-refractivity contribution in [2.75, 3.05) is 44.6 Å². The van der Waals surface area contributed by atoms with E-state index in [9.17, 15) is 14.4 Å². The van der Waals surface area contributed by atoms with E-state index >= 15 is 0 Å². The molecule has 2 bridgehead atoms. The summed E-state index contributed by atoms with van der Waals surface area (Å²) >= 11 is 3.44. The highest BCUT2D eigenvalue weighted by molar-refractivity contribution is 9.10. The Kier molecular flexibility index (Phi) is 9.32. The van der Waals surface area contributed by atoms with Crippen LogP contribution in [-0.4, -0.2) is 95.5 Å². The van der Waals surface area contributed by atoms with Gasteiger partial charge in [0, 0.05) is 55.5 Å². The number of carbonyl (C=O) groups excluding carboxylic acids is 3. The lowest BCUT2D eigenvalue weighted by Crippen LogP contribution is -2.56. The van der Waals surface area contributed by atoms with E-state index in [1.165, 1.54) is 12.0 Å². The molecule has 7 rings (SSSR count). The third-order valence-electron chi connectivity index (χ3n) is 10.6. The summed E-state index contributed by atoms with van der Waals surface area (Å²) in [5.41, 5.74) is 0.859. The van der Waals surface area contributed by atoms with Crippen molar-refractivity contribution < 1.29 is 19.1 Å². The number of ether oxygens (including phenoxy) is 1. The SMILES string of the molecule is O=C(Nc1ccc(Br)cc1)C1C2C=CC3(O2)C1C(=O)N(CCCN1CCN(Cc2ccccc2)CC1)C3C(=O)NC1CCCCC1. The molecule has 9 nitrogen and oxygen atoms in total. The topological polar surface area (TPSA) is 94.2 Å². The Morgan fingerprint density at radius 2 is 1.61 bits per heavy atom. The average Bonchev–Trinajstić information content (AvgIpc) is 3.71. The van der Waals surface area contributed by atoms with Gasteiger partial charge in [-0.15, -0.1) is 0 Å². The quantitative estimate of drug-likeness (QED) is 0.364. The van der Waals surface area contributed by atoms with Gasteiger partial charge in [-0.05, 0) is 55.6 Å². The van der Waals surface area contributed by atoms with Crippen molar-refractivity contribution in [2.45, 2.75) is 68.9 Å². The molecule has 10 heteroatoms. The van der Waals surface area contributed by atoms with E-state index in [2.05, 4.69) is 66.7 Å². The third-order valence-corrected chi connectivity index (χ3v) is 11.1. The lowest BCUT2D eigenvalue weighted by Gasteiger charge is -2.36. The van der Waals surface area contributed by atoms with Gasteiger partial charge in [-0.25, -0.2) is 0 Å². The number of hydrogen-bond acceptors (Lipinski definition) is 6. The third kappa shape index (κ3) is 6.29. The molecule has 244 valence electrons. The molecule has 3 saturated heterocycles. The van der Waals surface area contributed by atoms with E-state index < -0.39 is 29.6 Å². The van der Waals surface area contributed by atoms with Gasteiger partial charge < -0.3 is 25.2 Å². The summed E-state index contributed by atoms with van der Waals surface area (Å²) < 4.78 is 7.45. The molecule has 2 aromatic rings. The van der Waals surface area contributed by atoms with Crippen molar-refractivity contribution in [2.24, 2.45) is 11.8 Å². The van der Waals surface area contributed by atoms with Gasteiger partial charge in [-0.2, -0.15) is 0 Å². The first kappa shape index (κ1) is 31.5. The van der Waals surface area contributed by atoms with E-state index in [-0.39, 0.29) is 23.8 Å². The number of piperazine rings is 1. The van der Waals surface area contributed by atoms with Crippen molar-refractivity contribution in [3.63, 3.8) is 0 Å². The molecule has 2 aromatic carbocycles. The number of hydrogen-bond donors (Lipinski definition) is 2. The second-order valence-electron chi connectivity index (χ2n) is 13.5. The molecule has 1 spiro atoms. The van der Waals surface area contributed by atoms with Crippen LogP contribution in [0.4, 0.5) is 5.69 Å². The summed E-state index contributed by atoms with van der Waals surface area (Å²) in [5.74, 6) is -2.00. The number of likely N-dealkylation sites (tertiary alicyclic amines) is 1. The number of amides is 3. The van der Waals surface area contributed by atoms with Crippen LogP contribution < -0.4 is 10.6 Å². The molecule has 0 aromatic heterocycles. The number of fused-ring (bicyclic) bond motifs is 1. The van der Waals surface area contributed by atoms with Crippen LogP contribution in [0, 0.1) is 11.8 Å². The van der Waals surface area contributed by atoms with E-state index in [0.717, 1.165) is 75.8 Å². The number of nitrogens with zero attached hydrogens (tertiary/aromatic N) is 3. The first-order valence-corrected chi connectivity index (χ1v) is 17.7. The normalized spacial score (nSPS) is 29.7. The average molecular weight is 691 g/mol. The predicted molar refractivity (Wildman–Crippen MR) is 180 cm³/mol. The molecule has 1 aliphatic carbocycles. The Hall–Kier alpha value is -3.05. The zero-order chi connectivity index (χ0) is 31.7. The zero-order valence-electron chi connectivity index (χ0n) is 26.3. The molecule has 46 heavy (non-hydrogen) atoms. The Bertz CT molecular complexity index is 1440. The van der Waals surface area contributed by atoms with Gasteiger partial charge in [0.1, 0.15) is 11.6 Å². The van der Waals surface area contributed by atoms with Crippen LogP contribution >= 0.6 is 15.9 Å². The zero-order valence-corrected chi connectivity index (χ0v) is 27.9. The monoisotopic (exact) mass is 689 g/mol. The van der Waals surface area contributed by atoms with Crippen LogP contribution in [0.2, 0.25) is 0 Å². The Balaban J connectivity index is 1.04. The van der Waals surface area contributed by atoms with Crippen LogP contribution in [0.25, 0.3) is 0 Å². The van der Waals surface area contributed by atoms with E-state index in [1.807, 2.05) is 36.4 Å². The molecule has 5 aliphatic rings. The standard InChI is InChI=1S/C36H44BrN5O4/c37-26-12-14-28(15-13-26)38-33(43)30-29-16-17-36(46-29)31(30)35(45)42(32(36)34(44)39-27-10-5-2-6-11-27)19-7-18-40-20-22-41(23-21-40)24-25-8-3-1-4-9-25/h1,3-4,8-9,12-17,27,29-32H,2,5-7,10-11,18-24H2,(H,38,43)(H,39,44). The number of carbonyl (C=O) groups is 3. The summed E-state index contributed by atoms with van der Waals surface area (Å²) in [7, 11) is 0. The highest BCUT2D eigenvalue weighted by atomic mass is 79.9. The molecule has 4 aliphatic heterocycles. The molecule has 2 N–H and O–H groups in total. The molecular weight excluding hydrogens is 646 g/mol. The highest BCUT2D eigenvalue weighted by Crippen LogP contribution is 2.55. The van der Waals surface area contributed by atoms with Gasteiger partial charge in [0.15, 0.2) is 0 Å². The Morgan fingerprint density at radius 3 is 2.35 bits per heavy atom. The summed E-state index contributed by atoms with van der Waals surface area (Å²) in [6.07, 6.45) is 9.30. The first-order valence-electron chi connectivity index (χ1n) is 16.9. The first-order chi connectivity index (χ1) is 22.4. The maximum Gasteiger partial charge on any atom is 0.246 e. The molecule has 5 atom stereocenters. The van der Waals surface area contributed by atoms with Gasteiger partial charge in [-0.1, -0.05) is 77.7 Å². The van der Waals surface area contributed by atoms with Gasteiger partial charge >= 0.3 is 0 Å². The molecule has 1 saturated carbocycles. The summed E-state index contributed by atoms with van der Waals surface area (Å²) in [5, 5.41) is 6.29. The number of halogens is 1. The Morgan fingerprint density at radius 1 is 0.891 bits per heavy atom. The largest absolute Gasteiger partial charge is 0.359 e. The van der Waals surface area contributed by atoms with E-state index in [0.29, 0.717) is 12.2 Å². The van der Waals surface area contributed by atoms with Crippen LogP contribution in [0.1, 0.15) is 44.1 Å². The fourth-order valence-corrected chi connectivity index (χ4v) is 8.54. The smallest absolute Gasteiger partial charge is 0.246 e. The summed E-state index contributed by atoms with van der Waals surface area (Å²) in [6, 6.07) is 17.3. The number of anilines is 1. The van der Waals surface area contributed by atoms with Gasteiger partial charge in [0.2, 0.25) is 17.7 Å². The fourth-order valence-electron chi connectivity index (χ4n) is 8.27. The van der Waals surface area contributed by atoms with Crippen LogP contribution in [0.15, 0.2) is 71.2 Å². The van der Waals surface area contributed by atoms with Crippen molar-refractivity contribution in [1.82, 2.24) is 20.0 Å². The lowest BCUT2D eigenvalue weighted by molar-refractivity contribution is -0.141. The molecule has 3 amide bonds. The van der Waals surface area contributed by atoms with Crippen molar-refractivity contribution in [3.05, 3.63) is 76.8 Å². The minimum absolute atomic E-state index is 0.111.